The lowest BCUT2D eigenvalue weighted by Gasteiger charge is -2.38. The van der Waals surface area contributed by atoms with Crippen LogP contribution in [-0.4, -0.2) is 86.2 Å². The van der Waals surface area contributed by atoms with Crippen molar-refractivity contribution in [3.63, 3.8) is 0 Å². The van der Waals surface area contributed by atoms with Gasteiger partial charge in [-0.15, -0.1) is 0 Å². The molecule has 0 bridgehead atoms. The maximum atomic E-state index is 14.0. The van der Waals surface area contributed by atoms with Gasteiger partial charge in [0.15, 0.2) is 0 Å². The van der Waals surface area contributed by atoms with E-state index in [2.05, 4.69) is 15.0 Å². The molecule has 12 heteroatoms. The fourth-order valence-corrected chi connectivity index (χ4v) is 5.19. The Balaban J connectivity index is 1.21. The molecule has 4 heterocycles. The van der Waals surface area contributed by atoms with E-state index in [0.717, 1.165) is 32.5 Å². The molecule has 3 aromatic rings. The third kappa shape index (κ3) is 5.46. The van der Waals surface area contributed by atoms with Crippen LogP contribution in [0.25, 0.3) is 17.0 Å². The van der Waals surface area contributed by atoms with E-state index in [0.29, 0.717) is 43.2 Å². The Morgan fingerprint density at radius 3 is 2.66 bits per heavy atom. The van der Waals surface area contributed by atoms with Gasteiger partial charge in [0.1, 0.15) is 11.4 Å². The van der Waals surface area contributed by atoms with Crippen molar-refractivity contribution in [1.29, 1.82) is 0 Å². The van der Waals surface area contributed by atoms with E-state index >= 15 is 0 Å². The zero-order valence-corrected chi connectivity index (χ0v) is 22.4. The van der Waals surface area contributed by atoms with Crippen molar-refractivity contribution >= 4 is 17.1 Å². The number of aryl methyl sites for hydroxylation is 1. The highest BCUT2D eigenvalue weighted by Gasteiger charge is 2.32. The first kappa shape index (κ1) is 26.4. The number of aromatic nitrogens is 4. The van der Waals surface area contributed by atoms with Crippen LogP contribution in [0.1, 0.15) is 52.3 Å². The van der Waals surface area contributed by atoms with Crippen molar-refractivity contribution in [2.75, 3.05) is 39.3 Å². The predicted molar refractivity (Wildman–Crippen MR) is 137 cm³/mol. The van der Waals surface area contributed by atoms with Gasteiger partial charge >= 0.3 is 11.8 Å². The number of hydrogen-bond donors (Lipinski definition) is 0. The number of benzene rings is 1. The molecule has 1 atom stereocenters. The Morgan fingerprint density at radius 2 is 1.95 bits per heavy atom. The second-order valence-corrected chi connectivity index (χ2v) is 10.9. The summed E-state index contributed by atoms with van der Waals surface area (Å²) in [5, 5.41) is 4.07. The van der Waals surface area contributed by atoms with Crippen LogP contribution in [0, 0.1) is 5.82 Å². The van der Waals surface area contributed by atoms with E-state index < -0.39 is 11.4 Å². The van der Waals surface area contributed by atoms with Gasteiger partial charge in [0.05, 0.1) is 30.3 Å². The summed E-state index contributed by atoms with van der Waals surface area (Å²) in [7, 11) is 0. The molecule has 2 aliphatic rings. The molecule has 0 N–H and O–H groups in total. The zero-order valence-electron chi connectivity index (χ0n) is 22.4. The number of nitrogens with zero attached hydrogens (tertiary/aromatic N) is 6. The monoisotopic (exact) mass is 530 g/mol. The van der Waals surface area contributed by atoms with Crippen molar-refractivity contribution in [1.82, 2.24) is 29.1 Å². The summed E-state index contributed by atoms with van der Waals surface area (Å²) in [6.45, 7) is 11.8. The fraction of sp³-hybridized carbons (Fsp3) is 0.615. The number of imidazole rings is 1. The van der Waals surface area contributed by atoms with Gasteiger partial charge in [0.2, 0.25) is 5.89 Å². The Hall–Kier alpha value is -3.25. The lowest BCUT2D eigenvalue weighted by molar-refractivity contribution is -0.0541. The molecule has 2 fully saturated rings. The normalized spacial score (nSPS) is 19.8. The molecule has 5 rings (SSSR count). The zero-order chi connectivity index (χ0) is 27.0. The molecule has 1 aromatic carbocycles. The van der Waals surface area contributed by atoms with Crippen LogP contribution in [-0.2, 0) is 16.0 Å². The number of likely N-dealkylation sites (tertiary alicyclic amines) is 1. The molecule has 0 aliphatic carbocycles. The maximum Gasteiger partial charge on any atom is 0.410 e. The summed E-state index contributed by atoms with van der Waals surface area (Å²) < 4.78 is 33.9. The number of amides is 1. The average Bonchev–Trinajstić information content (AvgIpc) is 3.45. The van der Waals surface area contributed by atoms with Crippen molar-refractivity contribution in [2.45, 2.75) is 64.7 Å². The second kappa shape index (κ2) is 10.5. The van der Waals surface area contributed by atoms with Crippen LogP contribution >= 0.6 is 0 Å². The Kier molecular flexibility index (Phi) is 7.28. The van der Waals surface area contributed by atoms with Gasteiger partial charge in [-0.1, -0.05) is 0 Å². The number of piperidine rings is 1. The van der Waals surface area contributed by atoms with Gasteiger partial charge in [-0.25, -0.2) is 18.5 Å². The number of fused-ring (bicyclic) bond motifs is 1. The first-order valence-corrected chi connectivity index (χ1v) is 13.2. The highest BCUT2D eigenvalue weighted by molar-refractivity contribution is 5.77. The van der Waals surface area contributed by atoms with Crippen molar-refractivity contribution in [2.24, 2.45) is 0 Å². The van der Waals surface area contributed by atoms with E-state index in [4.69, 9.17) is 14.0 Å². The highest BCUT2D eigenvalue weighted by Crippen LogP contribution is 2.28. The summed E-state index contributed by atoms with van der Waals surface area (Å²) in [5.74, 6) is 0.218. The average molecular weight is 531 g/mol. The van der Waals surface area contributed by atoms with Crippen LogP contribution < -0.4 is 5.69 Å². The third-order valence-corrected chi connectivity index (χ3v) is 7.03. The second-order valence-electron chi connectivity index (χ2n) is 10.9. The maximum absolute atomic E-state index is 14.0. The van der Waals surface area contributed by atoms with Gasteiger partial charge in [-0.3, -0.25) is 4.57 Å². The van der Waals surface area contributed by atoms with Crippen molar-refractivity contribution in [3.05, 3.63) is 40.4 Å². The number of ether oxygens (including phenoxy) is 2. The van der Waals surface area contributed by atoms with Crippen LogP contribution in [0.4, 0.5) is 9.18 Å². The Bertz CT molecular complexity index is 1350. The molecular formula is C26H35FN6O5. The van der Waals surface area contributed by atoms with Gasteiger partial charge < -0.3 is 23.8 Å². The Labute approximate surface area is 220 Å². The molecule has 0 radical (unpaired) electrons. The van der Waals surface area contributed by atoms with Gasteiger partial charge in [-0.05, 0) is 70.9 Å². The third-order valence-electron chi connectivity index (χ3n) is 7.03. The number of morpholine rings is 1. The molecular weight excluding hydrogens is 495 g/mol. The minimum atomic E-state index is -0.529. The Morgan fingerprint density at radius 1 is 1.18 bits per heavy atom. The minimum Gasteiger partial charge on any atom is -0.444 e. The number of rotatable bonds is 5. The van der Waals surface area contributed by atoms with Gasteiger partial charge in [0.25, 0.3) is 5.95 Å². The van der Waals surface area contributed by atoms with E-state index in [1.807, 2.05) is 27.7 Å². The summed E-state index contributed by atoms with van der Waals surface area (Å²) in [6, 6.07) is 4.24. The molecule has 38 heavy (non-hydrogen) atoms. The molecule has 1 amide bonds. The fourth-order valence-electron chi connectivity index (χ4n) is 5.19. The smallest absolute Gasteiger partial charge is 0.410 e. The molecule has 1 unspecified atom stereocenters. The SMILES string of the molecule is CCn1c(=O)n(-c2noc(C3CCN(CC4CN(C(=O)OC(C)(C)C)CCO4)CC3)n2)c2cc(F)ccc21. The number of carbonyl (C=O) groups is 1. The van der Waals surface area contributed by atoms with Crippen LogP contribution in [0.5, 0.6) is 0 Å². The molecule has 11 nitrogen and oxygen atoms in total. The highest BCUT2D eigenvalue weighted by atomic mass is 19.1. The summed E-state index contributed by atoms with van der Waals surface area (Å²) in [4.78, 5) is 34.0. The van der Waals surface area contributed by atoms with E-state index in [1.165, 1.54) is 16.7 Å². The number of carbonyl (C=O) groups excluding carboxylic acids is 1. The molecule has 2 aromatic heterocycles. The number of halogens is 1. The topological polar surface area (TPSA) is 108 Å². The predicted octanol–water partition coefficient (Wildman–Crippen LogP) is 3.15. The summed E-state index contributed by atoms with van der Waals surface area (Å²) >= 11 is 0. The summed E-state index contributed by atoms with van der Waals surface area (Å²) in [5.41, 5.74) is 0.169. The van der Waals surface area contributed by atoms with Gasteiger partial charge in [0, 0.05) is 31.6 Å². The lowest BCUT2D eigenvalue weighted by atomic mass is 9.96. The van der Waals surface area contributed by atoms with E-state index in [1.54, 1.807) is 15.5 Å². The first-order chi connectivity index (χ1) is 18.1. The molecule has 0 spiro atoms. The standard InChI is InChI=1S/C26H35FN6O5/c1-5-32-20-7-6-18(27)14-21(20)33(24(32)34)23-28-22(38-29-23)17-8-10-30(11-9-17)15-19-16-31(12-13-36-19)25(35)37-26(2,3)4/h6-7,14,17,19H,5,8-13,15-16H2,1-4H3. The molecule has 206 valence electrons. The molecule has 2 saturated heterocycles. The van der Waals surface area contributed by atoms with Crippen LogP contribution in [0.2, 0.25) is 0 Å². The first-order valence-electron chi connectivity index (χ1n) is 13.2. The molecule has 0 saturated carbocycles. The molecule has 2 aliphatic heterocycles. The lowest BCUT2D eigenvalue weighted by Crippen LogP contribution is -2.51. The van der Waals surface area contributed by atoms with Crippen molar-refractivity contribution < 1.29 is 23.2 Å². The largest absolute Gasteiger partial charge is 0.444 e. The summed E-state index contributed by atoms with van der Waals surface area (Å²) in [6.07, 6.45) is 1.24. The van der Waals surface area contributed by atoms with Crippen LogP contribution in [0.3, 0.4) is 0 Å². The van der Waals surface area contributed by atoms with E-state index in [-0.39, 0.29) is 29.8 Å². The van der Waals surface area contributed by atoms with Gasteiger partial charge in [-0.2, -0.15) is 4.98 Å². The minimum absolute atomic E-state index is 0.0602. The van der Waals surface area contributed by atoms with E-state index in [9.17, 15) is 14.0 Å². The van der Waals surface area contributed by atoms with Crippen molar-refractivity contribution in [3.8, 4) is 5.95 Å². The van der Waals surface area contributed by atoms with Crippen LogP contribution in [0.15, 0.2) is 27.5 Å². The number of hydrogen-bond acceptors (Lipinski definition) is 8. The quantitative estimate of drug-likeness (QED) is 0.495.